The molecule has 2 aromatic rings. The van der Waals surface area contributed by atoms with Crippen LogP contribution in [0.3, 0.4) is 0 Å². The molecule has 0 heterocycles. The van der Waals surface area contributed by atoms with Gasteiger partial charge in [0.25, 0.3) is 5.91 Å². The third kappa shape index (κ3) is 6.31. The van der Waals surface area contributed by atoms with Gasteiger partial charge in [-0.15, -0.1) is 0 Å². The lowest BCUT2D eigenvalue weighted by molar-refractivity contribution is -0.136. The van der Waals surface area contributed by atoms with Crippen LogP contribution in [0.2, 0.25) is 5.02 Å². The number of amides is 1. The third-order valence-electron chi connectivity index (χ3n) is 4.96. The Morgan fingerprint density at radius 2 is 1.66 bits per heavy atom. The molecule has 7 nitrogen and oxygen atoms in total. The van der Waals surface area contributed by atoms with Crippen molar-refractivity contribution in [3.63, 3.8) is 0 Å². The number of hydrogen-bond donors (Lipinski definition) is 0. The highest BCUT2D eigenvalue weighted by atomic mass is 35.5. The number of carbonyl (C=O) groups is 2. The first-order valence-corrected chi connectivity index (χ1v) is 12.2. The molecule has 0 aliphatic heterocycles. The van der Waals surface area contributed by atoms with Crippen molar-refractivity contribution in [1.82, 2.24) is 9.21 Å². The first-order chi connectivity index (χ1) is 15.1. The van der Waals surface area contributed by atoms with Gasteiger partial charge in [-0.3, -0.25) is 4.79 Å². The molecule has 2 rings (SSSR count). The second-order valence-electron chi connectivity index (χ2n) is 7.41. The standard InChI is InChI=1S/C23H29ClN2O5S/c1-5-25(6-2)32(29,30)21-14-19(12-13-20(21)24)23(28)31-16-22(27)26(17(3)4)15-18-10-8-7-9-11-18/h7-14,17H,5-6,15-16H2,1-4H3. The van der Waals surface area contributed by atoms with Crippen LogP contribution in [0.1, 0.15) is 43.6 Å². The molecule has 174 valence electrons. The van der Waals surface area contributed by atoms with Gasteiger partial charge < -0.3 is 9.64 Å². The van der Waals surface area contributed by atoms with Crippen LogP contribution in [0.15, 0.2) is 53.4 Å². The molecule has 0 N–H and O–H groups in total. The number of hydrogen-bond acceptors (Lipinski definition) is 5. The van der Waals surface area contributed by atoms with Gasteiger partial charge in [-0.25, -0.2) is 13.2 Å². The SMILES string of the molecule is CCN(CC)S(=O)(=O)c1cc(C(=O)OCC(=O)N(Cc2ccccc2)C(C)C)ccc1Cl. The fourth-order valence-electron chi connectivity index (χ4n) is 3.16. The predicted octanol–water partition coefficient (Wildman–Crippen LogP) is 3.96. The maximum atomic E-state index is 12.8. The number of halogens is 1. The van der Waals surface area contributed by atoms with Crippen molar-refractivity contribution >= 4 is 33.5 Å². The number of carbonyl (C=O) groups excluding carboxylic acids is 2. The van der Waals surface area contributed by atoms with E-state index < -0.39 is 22.6 Å². The molecule has 1 amide bonds. The van der Waals surface area contributed by atoms with Crippen LogP contribution in [0, 0.1) is 0 Å². The highest BCUT2D eigenvalue weighted by Crippen LogP contribution is 2.26. The van der Waals surface area contributed by atoms with Crippen LogP contribution < -0.4 is 0 Å². The molecule has 0 aliphatic carbocycles. The van der Waals surface area contributed by atoms with E-state index in [0.717, 1.165) is 5.56 Å². The summed E-state index contributed by atoms with van der Waals surface area (Å²) in [6.45, 7) is 7.67. The molecule has 0 bridgehead atoms. The molecule has 0 aromatic heterocycles. The Hall–Kier alpha value is -2.42. The van der Waals surface area contributed by atoms with Gasteiger partial charge in [-0.2, -0.15) is 4.31 Å². The zero-order chi connectivity index (χ0) is 23.9. The summed E-state index contributed by atoms with van der Waals surface area (Å²) < 4.78 is 32.1. The van der Waals surface area contributed by atoms with Gasteiger partial charge in [0, 0.05) is 25.7 Å². The monoisotopic (exact) mass is 480 g/mol. The van der Waals surface area contributed by atoms with Crippen molar-refractivity contribution in [3.05, 3.63) is 64.7 Å². The van der Waals surface area contributed by atoms with E-state index in [9.17, 15) is 18.0 Å². The fraction of sp³-hybridized carbons (Fsp3) is 0.391. The van der Waals surface area contributed by atoms with Gasteiger partial charge in [0.1, 0.15) is 4.90 Å². The van der Waals surface area contributed by atoms with Gasteiger partial charge in [-0.1, -0.05) is 55.8 Å². The third-order valence-corrected chi connectivity index (χ3v) is 7.49. The minimum atomic E-state index is -3.86. The number of esters is 1. The smallest absolute Gasteiger partial charge is 0.338 e. The molecule has 0 spiro atoms. The molecule has 2 aromatic carbocycles. The molecule has 0 saturated carbocycles. The Morgan fingerprint density at radius 3 is 2.22 bits per heavy atom. The average molecular weight is 481 g/mol. The van der Waals surface area contributed by atoms with Crippen LogP contribution in [0.4, 0.5) is 0 Å². The van der Waals surface area contributed by atoms with E-state index in [2.05, 4.69) is 0 Å². The van der Waals surface area contributed by atoms with Crippen LogP contribution in [0.5, 0.6) is 0 Å². The summed E-state index contributed by atoms with van der Waals surface area (Å²) in [6.07, 6.45) is 0. The van der Waals surface area contributed by atoms with E-state index in [0.29, 0.717) is 6.54 Å². The van der Waals surface area contributed by atoms with Crippen molar-refractivity contribution in [2.24, 2.45) is 0 Å². The van der Waals surface area contributed by atoms with E-state index in [1.165, 1.54) is 22.5 Å². The van der Waals surface area contributed by atoms with Crippen molar-refractivity contribution in [2.75, 3.05) is 19.7 Å². The molecule has 0 aliphatic rings. The van der Waals surface area contributed by atoms with E-state index in [-0.39, 0.29) is 40.5 Å². The molecule has 0 atom stereocenters. The maximum Gasteiger partial charge on any atom is 0.338 e. The molecular weight excluding hydrogens is 452 g/mol. The first kappa shape index (κ1) is 25.8. The quantitative estimate of drug-likeness (QED) is 0.480. The van der Waals surface area contributed by atoms with Crippen molar-refractivity contribution in [2.45, 2.75) is 45.2 Å². The van der Waals surface area contributed by atoms with Gasteiger partial charge in [-0.05, 0) is 37.6 Å². The van der Waals surface area contributed by atoms with E-state index in [1.54, 1.807) is 18.7 Å². The number of benzene rings is 2. The summed E-state index contributed by atoms with van der Waals surface area (Å²) >= 11 is 6.11. The normalized spacial score (nSPS) is 11.6. The second kappa shape index (κ2) is 11.4. The molecule has 0 fully saturated rings. The van der Waals surface area contributed by atoms with Gasteiger partial charge >= 0.3 is 5.97 Å². The molecule has 32 heavy (non-hydrogen) atoms. The molecule has 0 unspecified atom stereocenters. The van der Waals surface area contributed by atoms with E-state index in [4.69, 9.17) is 16.3 Å². The average Bonchev–Trinajstić information content (AvgIpc) is 2.76. The molecule has 0 saturated heterocycles. The summed E-state index contributed by atoms with van der Waals surface area (Å²) in [5, 5.41) is 0.0124. The van der Waals surface area contributed by atoms with E-state index in [1.807, 2.05) is 44.2 Å². The van der Waals surface area contributed by atoms with Crippen LogP contribution in [-0.4, -0.2) is 55.2 Å². The lowest BCUT2D eigenvalue weighted by Gasteiger charge is -2.26. The first-order valence-electron chi connectivity index (χ1n) is 10.4. The Kier molecular flexibility index (Phi) is 9.24. The zero-order valence-electron chi connectivity index (χ0n) is 18.7. The Labute approximate surface area is 195 Å². The summed E-state index contributed by atoms with van der Waals surface area (Å²) in [7, 11) is -3.86. The molecule has 0 radical (unpaired) electrons. The number of nitrogens with zero attached hydrogens (tertiary/aromatic N) is 2. The minimum Gasteiger partial charge on any atom is -0.452 e. The van der Waals surface area contributed by atoms with Gasteiger partial charge in [0.2, 0.25) is 10.0 Å². The Bertz CT molecular complexity index is 1040. The minimum absolute atomic E-state index is 0.00656. The second-order valence-corrected chi connectivity index (χ2v) is 9.73. The molecule has 9 heteroatoms. The van der Waals surface area contributed by atoms with Crippen LogP contribution in [-0.2, 0) is 26.1 Å². The summed E-state index contributed by atoms with van der Waals surface area (Å²) in [5.41, 5.74) is 0.969. The Balaban J connectivity index is 2.14. The Morgan fingerprint density at radius 1 is 1.03 bits per heavy atom. The van der Waals surface area contributed by atoms with Crippen molar-refractivity contribution in [3.8, 4) is 0 Å². The van der Waals surface area contributed by atoms with Gasteiger partial charge in [0.15, 0.2) is 6.61 Å². The number of rotatable bonds is 10. The summed E-state index contributed by atoms with van der Waals surface area (Å²) in [5.74, 6) is -1.14. The van der Waals surface area contributed by atoms with E-state index >= 15 is 0 Å². The topological polar surface area (TPSA) is 84.0 Å². The lowest BCUT2D eigenvalue weighted by Crippen LogP contribution is -2.39. The predicted molar refractivity (Wildman–Crippen MR) is 124 cm³/mol. The highest BCUT2D eigenvalue weighted by Gasteiger charge is 2.26. The zero-order valence-corrected chi connectivity index (χ0v) is 20.3. The lowest BCUT2D eigenvalue weighted by atomic mass is 10.2. The van der Waals surface area contributed by atoms with Gasteiger partial charge in [0.05, 0.1) is 10.6 Å². The maximum absolute atomic E-state index is 12.8. The largest absolute Gasteiger partial charge is 0.452 e. The summed E-state index contributed by atoms with van der Waals surface area (Å²) in [6, 6.07) is 13.3. The molecular formula is C23H29ClN2O5S. The van der Waals surface area contributed by atoms with Crippen LogP contribution >= 0.6 is 11.6 Å². The van der Waals surface area contributed by atoms with Crippen molar-refractivity contribution < 1.29 is 22.7 Å². The number of sulfonamides is 1. The summed E-state index contributed by atoms with van der Waals surface area (Å²) in [4.78, 5) is 26.7. The number of ether oxygens (including phenoxy) is 1. The highest BCUT2D eigenvalue weighted by molar-refractivity contribution is 7.89. The van der Waals surface area contributed by atoms with Crippen molar-refractivity contribution in [1.29, 1.82) is 0 Å². The fourth-order valence-corrected chi connectivity index (χ4v) is 5.12. The van der Waals surface area contributed by atoms with Crippen LogP contribution in [0.25, 0.3) is 0 Å².